The van der Waals surface area contributed by atoms with Gasteiger partial charge in [0.1, 0.15) is 10.5 Å². The lowest BCUT2D eigenvalue weighted by Crippen LogP contribution is -2.47. The van der Waals surface area contributed by atoms with Crippen LogP contribution in [-0.2, 0) is 26.3 Å². The molecular formula is C19H27NO5S. The van der Waals surface area contributed by atoms with Crippen LogP contribution in [0.5, 0.6) is 0 Å². The molecule has 144 valence electrons. The minimum absolute atomic E-state index is 0.214. The summed E-state index contributed by atoms with van der Waals surface area (Å²) in [6.07, 6.45) is 5.75. The number of ether oxygens (including phenoxy) is 2. The highest BCUT2D eigenvalue weighted by Crippen LogP contribution is 2.45. The zero-order valence-electron chi connectivity index (χ0n) is 15.3. The molecule has 2 aliphatic heterocycles. The molecule has 0 atom stereocenters. The van der Waals surface area contributed by atoms with Gasteiger partial charge in [-0.05, 0) is 43.7 Å². The first-order valence-electron chi connectivity index (χ1n) is 9.33. The summed E-state index contributed by atoms with van der Waals surface area (Å²) in [5.74, 6) is -0.661. The van der Waals surface area contributed by atoms with Crippen molar-refractivity contribution in [3.63, 3.8) is 0 Å². The van der Waals surface area contributed by atoms with E-state index in [1.165, 1.54) is 11.3 Å². The standard InChI is InChI=1S/C19H27NO5S/c1-24-11-4-2-3-5-16(21)20-9-7-19(8-10-20)17-14(6-12-25-19)13-15(26-17)18(22)23/h13H,2-12H2,1H3,(H,22,23). The van der Waals surface area contributed by atoms with Gasteiger partial charge in [0.05, 0.1) is 6.61 Å². The summed E-state index contributed by atoms with van der Waals surface area (Å²) in [6.45, 7) is 2.72. The number of piperidine rings is 1. The maximum absolute atomic E-state index is 12.4. The Morgan fingerprint density at radius 1 is 1.31 bits per heavy atom. The number of amides is 1. The molecule has 0 aromatic carbocycles. The molecule has 0 aliphatic carbocycles. The van der Waals surface area contributed by atoms with Crippen LogP contribution in [0.15, 0.2) is 6.07 Å². The van der Waals surface area contributed by atoms with E-state index in [0.29, 0.717) is 31.0 Å². The second-order valence-corrected chi connectivity index (χ2v) is 8.10. The first-order chi connectivity index (χ1) is 12.6. The highest BCUT2D eigenvalue weighted by Gasteiger charge is 2.43. The number of rotatable bonds is 7. The van der Waals surface area contributed by atoms with Gasteiger partial charge in [-0.2, -0.15) is 0 Å². The number of hydrogen-bond donors (Lipinski definition) is 1. The number of likely N-dealkylation sites (tertiary alicyclic amines) is 1. The van der Waals surface area contributed by atoms with Crippen molar-refractivity contribution in [2.75, 3.05) is 33.4 Å². The highest BCUT2D eigenvalue weighted by molar-refractivity contribution is 7.14. The zero-order valence-corrected chi connectivity index (χ0v) is 16.1. The van der Waals surface area contributed by atoms with Crippen LogP contribution in [0, 0.1) is 0 Å². The lowest BCUT2D eigenvalue weighted by Gasteiger charge is -2.43. The molecule has 0 bridgehead atoms. The van der Waals surface area contributed by atoms with Crippen molar-refractivity contribution in [3.05, 3.63) is 21.4 Å². The van der Waals surface area contributed by atoms with Crippen LogP contribution in [0.2, 0.25) is 0 Å². The molecule has 1 aromatic rings. The van der Waals surface area contributed by atoms with Crippen LogP contribution in [-0.4, -0.2) is 55.3 Å². The Labute approximate surface area is 158 Å². The lowest BCUT2D eigenvalue weighted by molar-refractivity contribution is -0.140. The molecule has 1 N–H and O–H groups in total. The molecular weight excluding hydrogens is 354 g/mol. The molecule has 26 heavy (non-hydrogen) atoms. The summed E-state index contributed by atoms with van der Waals surface area (Å²) in [4.78, 5) is 27.1. The van der Waals surface area contributed by atoms with E-state index < -0.39 is 11.6 Å². The van der Waals surface area contributed by atoms with Crippen molar-refractivity contribution in [2.24, 2.45) is 0 Å². The Bertz CT molecular complexity index is 648. The molecule has 3 heterocycles. The van der Waals surface area contributed by atoms with Gasteiger partial charge >= 0.3 is 5.97 Å². The normalized spacial score (nSPS) is 18.7. The first-order valence-corrected chi connectivity index (χ1v) is 10.1. The summed E-state index contributed by atoms with van der Waals surface area (Å²) >= 11 is 1.34. The maximum atomic E-state index is 12.4. The fourth-order valence-electron chi connectivity index (χ4n) is 3.87. The van der Waals surface area contributed by atoms with Gasteiger partial charge < -0.3 is 19.5 Å². The third kappa shape index (κ3) is 4.10. The van der Waals surface area contributed by atoms with E-state index in [4.69, 9.17) is 9.47 Å². The summed E-state index contributed by atoms with van der Waals surface area (Å²) < 4.78 is 11.2. The number of methoxy groups -OCH3 is 1. The Hall–Kier alpha value is -1.44. The van der Waals surface area contributed by atoms with E-state index in [0.717, 1.165) is 55.6 Å². The Morgan fingerprint density at radius 2 is 2.08 bits per heavy atom. The molecule has 1 fully saturated rings. The van der Waals surface area contributed by atoms with Gasteiger partial charge in [-0.1, -0.05) is 6.42 Å². The fraction of sp³-hybridized carbons (Fsp3) is 0.684. The number of carboxylic acids is 1. The van der Waals surface area contributed by atoms with Crippen molar-refractivity contribution in [2.45, 2.75) is 50.5 Å². The molecule has 0 saturated carbocycles. The van der Waals surface area contributed by atoms with Gasteiger partial charge in [-0.25, -0.2) is 4.79 Å². The molecule has 3 rings (SSSR count). The number of carboxylic acid groups (broad SMARTS) is 1. The third-order valence-corrected chi connectivity index (χ3v) is 6.70. The van der Waals surface area contributed by atoms with E-state index in [2.05, 4.69) is 0 Å². The monoisotopic (exact) mass is 381 g/mol. The lowest BCUT2D eigenvalue weighted by atomic mass is 9.85. The molecule has 7 heteroatoms. The van der Waals surface area contributed by atoms with Crippen molar-refractivity contribution < 1.29 is 24.2 Å². The van der Waals surface area contributed by atoms with Gasteiger partial charge in [0.2, 0.25) is 5.91 Å². The number of unbranched alkanes of at least 4 members (excludes halogenated alkanes) is 2. The van der Waals surface area contributed by atoms with Crippen LogP contribution >= 0.6 is 11.3 Å². The van der Waals surface area contributed by atoms with Crippen LogP contribution in [0.3, 0.4) is 0 Å². The number of fused-ring (bicyclic) bond motifs is 2. The molecule has 1 saturated heterocycles. The van der Waals surface area contributed by atoms with Gasteiger partial charge in [0, 0.05) is 38.1 Å². The number of nitrogens with zero attached hydrogens (tertiary/aromatic N) is 1. The average molecular weight is 381 g/mol. The Balaban J connectivity index is 1.57. The summed E-state index contributed by atoms with van der Waals surface area (Å²) in [6, 6.07) is 1.80. The van der Waals surface area contributed by atoms with Gasteiger partial charge in [0.15, 0.2) is 0 Å². The molecule has 1 aromatic heterocycles. The molecule has 1 amide bonds. The van der Waals surface area contributed by atoms with Gasteiger partial charge in [-0.3, -0.25) is 4.79 Å². The van der Waals surface area contributed by atoms with Gasteiger partial charge in [0.25, 0.3) is 0 Å². The van der Waals surface area contributed by atoms with E-state index in [9.17, 15) is 14.7 Å². The van der Waals surface area contributed by atoms with Crippen molar-refractivity contribution in [1.29, 1.82) is 0 Å². The molecule has 6 nitrogen and oxygen atoms in total. The number of carbonyl (C=O) groups excluding carboxylic acids is 1. The van der Waals surface area contributed by atoms with E-state index in [1.807, 2.05) is 4.90 Å². The molecule has 0 radical (unpaired) electrons. The van der Waals surface area contributed by atoms with Crippen LogP contribution in [0.1, 0.15) is 58.6 Å². The van der Waals surface area contributed by atoms with Crippen LogP contribution in [0.25, 0.3) is 0 Å². The Kier molecular flexibility index (Phi) is 6.32. The van der Waals surface area contributed by atoms with E-state index in [-0.39, 0.29) is 5.91 Å². The number of carbonyl (C=O) groups is 2. The number of hydrogen-bond acceptors (Lipinski definition) is 5. The largest absolute Gasteiger partial charge is 0.477 e. The minimum Gasteiger partial charge on any atom is -0.477 e. The average Bonchev–Trinajstić information content (AvgIpc) is 3.08. The van der Waals surface area contributed by atoms with Crippen molar-refractivity contribution >= 4 is 23.2 Å². The van der Waals surface area contributed by atoms with Crippen molar-refractivity contribution in [1.82, 2.24) is 4.90 Å². The highest BCUT2D eigenvalue weighted by atomic mass is 32.1. The fourth-order valence-corrected chi connectivity index (χ4v) is 5.12. The van der Waals surface area contributed by atoms with Crippen molar-refractivity contribution in [3.8, 4) is 0 Å². The molecule has 2 aliphatic rings. The summed E-state index contributed by atoms with van der Waals surface area (Å²) in [5.41, 5.74) is 0.706. The quantitative estimate of drug-likeness (QED) is 0.735. The summed E-state index contributed by atoms with van der Waals surface area (Å²) in [7, 11) is 1.69. The second-order valence-electron chi connectivity index (χ2n) is 7.05. The summed E-state index contributed by atoms with van der Waals surface area (Å²) in [5, 5.41) is 9.28. The predicted octanol–water partition coefficient (Wildman–Crippen LogP) is 3.04. The van der Waals surface area contributed by atoms with Crippen LogP contribution < -0.4 is 0 Å². The first kappa shape index (κ1) is 19.3. The van der Waals surface area contributed by atoms with Crippen LogP contribution in [0.4, 0.5) is 0 Å². The third-order valence-electron chi connectivity index (χ3n) is 5.35. The maximum Gasteiger partial charge on any atom is 0.345 e. The van der Waals surface area contributed by atoms with E-state index in [1.54, 1.807) is 13.2 Å². The van der Waals surface area contributed by atoms with Gasteiger partial charge in [-0.15, -0.1) is 11.3 Å². The Morgan fingerprint density at radius 3 is 2.77 bits per heavy atom. The smallest absolute Gasteiger partial charge is 0.345 e. The number of thiophene rings is 1. The predicted molar refractivity (Wildman–Crippen MR) is 98.8 cm³/mol. The zero-order chi connectivity index (χ0) is 18.6. The topological polar surface area (TPSA) is 76.1 Å². The SMILES string of the molecule is COCCCCCC(=O)N1CCC2(CC1)OCCc1cc(C(=O)O)sc12. The molecule has 1 spiro atoms. The second kappa shape index (κ2) is 8.50. The van der Waals surface area contributed by atoms with E-state index >= 15 is 0 Å². The minimum atomic E-state index is -0.874. The molecule has 0 unspecified atom stereocenters. The number of aromatic carboxylic acids is 1.